The van der Waals surface area contributed by atoms with Crippen molar-refractivity contribution in [1.82, 2.24) is 5.43 Å². The number of carbonyl (C=O) groups excluding carboxylic acids is 1. The Bertz CT molecular complexity index is 981. The van der Waals surface area contributed by atoms with E-state index < -0.39 is 0 Å². The minimum Gasteiger partial charge on any atom is -0.497 e. The number of hydrazone groups is 1. The van der Waals surface area contributed by atoms with E-state index in [-0.39, 0.29) is 12.3 Å². The number of amides is 1. The zero-order valence-corrected chi connectivity index (χ0v) is 16.6. The van der Waals surface area contributed by atoms with Crippen LogP contribution < -0.4 is 14.9 Å². The van der Waals surface area contributed by atoms with Gasteiger partial charge in [0.1, 0.15) is 18.1 Å². The lowest BCUT2D eigenvalue weighted by Crippen LogP contribution is -2.19. The van der Waals surface area contributed by atoms with Crippen LogP contribution in [0.25, 0.3) is 0 Å². The van der Waals surface area contributed by atoms with Crippen molar-refractivity contribution in [1.29, 1.82) is 0 Å². The minimum absolute atomic E-state index is 0.201. The average Bonchev–Trinajstić information content (AvgIpc) is 2.74. The van der Waals surface area contributed by atoms with Gasteiger partial charge in [0.05, 0.1) is 19.7 Å². The molecule has 148 valence electrons. The Balaban J connectivity index is 1.57. The molecular formula is C24H24N2O3. The number of ether oxygens (including phenoxy) is 2. The maximum Gasteiger partial charge on any atom is 0.244 e. The van der Waals surface area contributed by atoms with E-state index in [1.807, 2.05) is 60.7 Å². The molecule has 0 aliphatic heterocycles. The van der Waals surface area contributed by atoms with E-state index in [2.05, 4.69) is 29.6 Å². The summed E-state index contributed by atoms with van der Waals surface area (Å²) in [7, 11) is 1.60. The summed E-state index contributed by atoms with van der Waals surface area (Å²) in [6, 6.07) is 23.2. The molecule has 29 heavy (non-hydrogen) atoms. The molecule has 0 aromatic heterocycles. The van der Waals surface area contributed by atoms with Crippen molar-refractivity contribution in [2.75, 3.05) is 7.11 Å². The molecular weight excluding hydrogens is 364 g/mol. The monoisotopic (exact) mass is 388 g/mol. The number of nitrogens with one attached hydrogen (secondary N) is 1. The fraction of sp³-hybridized carbons (Fsp3) is 0.167. The molecule has 1 N–H and O–H groups in total. The van der Waals surface area contributed by atoms with E-state index in [4.69, 9.17) is 9.47 Å². The number of aryl methyl sites for hydroxylation is 1. The standard InChI is InChI=1S/C24H24N2O3/c1-18-10-12-19(13-11-18)17-29-23-9-4-3-7-21(23)16-25-26-24(27)15-20-6-5-8-22(14-20)28-2/h3-14,16H,15,17H2,1-2H3,(H,26,27). The second kappa shape index (κ2) is 10.1. The summed E-state index contributed by atoms with van der Waals surface area (Å²) in [5.41, 5.74) is 6.52. The maximum atomic E-state index is 12.1. The van der Waals surface area contributed by atoms with Crippen molar-refractivity contribution in [3.05, 3.63) is 95.1 Å². The third kappa shape index (κ3) is 6.21. The summed E-state index contributed by atoms with van der Waals surface area (Å²) < 4.78 is 11.1. The highest BCUT2D eigenvalue weighted by Gasteiger charge is 2.05. The molecule has 0 aliphatic carbocycles. The van der Waals surface area contributed by atoms with E-state index >= 15 is 0 Å². The molecule has 0 spiro atoms. The Labute approximate surface area is 171 Å². The van der Waals surface area contributed by atoms with Crippen LogP contribution >= 0.6 is 0 Å². The van der Waals surface area contributed by atoms with E-state index in [0.29, 0.717) is 12.4 Å². The molecule has 0 saturated heterocycles. The molecule has 0 saturated carbocycles. The third-order valence-corrected chi connectivity index (χ3v) is 4.33. The second-order valence-electron chi connectivity index (χ2n) is 6.63. The van der Waals surface area contributed by atoms with Crippen LogP contribution in [0.1, 0.15) is 22.3 Å². The van der Waals surface area contributed by atoms with Gasteiger partial charge in [0.15, 0.2) is 0 Å². The number of hydrogen-bond donors (Lipinski definition) is 1. The number of benzene rings is 3. The minimum atomic E-state index is -0.201. The molecule has 5 nitrogen and oxygen atoms in total. The quantitative estimate of drug-likeness (QED) is 0.463. The summed E-state index contributed by atoms with van der Waals surface area (Å²) >= 11 is 0. The van der Waals surface area contributed by atoms with Crippen LogP contribution in [0, 0.1) is 6.92 Å². The summed E-state index contributed by atoms with van der Waals surface area (Å²) in [6.07, 6.45) is 1.81. The zero-order chi connectivity index (χ0) is 20.5. The van der Waals surface area contributed by atoms with E-state index in [1.54, 1.807) is 13.3 Å². The molecule has 0 fully saturated rings. The van der Waals surface area contributed by atoms with Crippen molar-refractivity contribution < 1.29 is 14.3 Å². The normalized spacial score (nSPS) is 10.7. The smallest absolute Gasteiger partial charge is 0.244 e. The summed E-state index contributed by atoms with van der Waals surface area (Å²) in [6.45, 7) is 2.52. The fourth-order valence-corrected chi connectivity index (χ4v) is 2.75. The van der Waals surface area contributed by atoms with Crippen LogP contribution in [0.5, 0.6) is 11.5 Å². The highest BCUT2D eigenvalue weighted by Crippen LogP contribution is 2.18. The first-order valence-electron chi connectivity index (χ1n) is 9.36. The number of hydrogen-bond acceptors (Lipinski definition) is 4. The number of rotatable bonds is 8. The molecule has 0 heterocycles. The lowest BCUT2D eigenvalue weighted by atomic mass is 10.1. The first kappa shape index (κ1) is 20.1. The number of para-hydroxylation sites is 1. The Morgan fingerprint density at radius 1 is 1.00 bits per heavy atom. The third-order valence-electron chi connectivity index (χ3n) is 4.33. The SMILES string of the molecule is COc1cccc(CC(=O)NN=Cc2ccccc2OCc2ccc(C)cc2)c1. The molecule has 0 aliphatic rings. The molecule has 0 unspecified atom stereocenters. The number of carbonyl (C=O) groups is 1. The van der Waals surface area contributed by atoms with Gasteiger partial charge in [-0.05, 0) is 42.3 Å². The lowest BCUT2D eigenvalue weighted by molar-refractivity contribution is -0.120. The highest BCUT2D eigenvalue weighted by molar-refractivity contribution is 5.85. The van der Waals surface area contributed by atoms with Gasteiger partial charge < -0.3 is 9.47 Å². The van der Waals surface area contributed by atoms with Gasteiger partial charge in [0.2, 0.25) is 5.91 Å². The van der Waals surface area contributed by atoms with Crippen LogP contribution in [-0.4, -0.2) is 19.2 Å². The van der Waals surface area contributed by atoms with Crippen molar-refractivity contribution in [2.24, 2.45) is 5.10 Å². The van der Waals surface area contributed by atoms with Crippen molar-refractivity contribution in [3.63, 3.8) is 0 Å². The molecule has 0 bridgehead atoms. The van der Waals surface area contributed by atoms with Crippen LogP contribution in [0.15, 0.2) is 77.9 Å². The average molecular weight is 388 g/mol. The predicted octanol–water partition coefficient (Wildman–Crippen LogP) is 4.28. The number of methoxy groups -OCH3 is 1. The molecule has 3 rings (SSSR count). The van der Waals surface area contributed by atoms with Gasteiger partial charge in [0, 0.05) is 5.56 Å². The largest absolute Gasteiger partial charge is 0.497 e. The van der Waals surface area contributed by atoms with Crippen LogP contribution in [-0.2, 0) is 17.8 Å². The first-order valence-corrected chi connectivity index (χ1v) is 9.36. The van der Waals surface area contributed by atoms with Crippen molar-refractivity contribution in [2.45, 2.75) is 20.0 Å². The van der Waals surface area contributed by atoms with Crippen LogP contribution in [0.4, 0.5) is 0 Å². The topological polar surface area (TPSA) is 59.9 Å². The molecule has 1 amide bonds. The van der Waals surface area contributed by atoms with Crippen LogP contribution in [0.2, 0.25) is 0 Å². The van der Waals surface area contributed by atoms with Gasteiger partial charge in [0.25, 0.3) is 0 Å². The Morgan fingerprint density at radius 3 is 2.59 bits per heavy atom. The van der Waals surface area contributed by atoms with Gasteiger partial charge in [-0.15, -0.1) is 0 Å². The van der Waals surface area contributed by atoms with E-state index in [1.165, 1.54) is 5.56 Å². The summed E-state index contributed by atoms with van der Waals surface area (Å²) in [4.78, 5) is 12.1. The van der Waals surface area contributed by atoms with Gasteiger partial charge in [-0.3, -0.25) is 4.79 Å². The summed E-state index contributed by atoms with van der Waals surface area (Å²) in [5.74, 6) is 1.23. The Kier molecular flexibility index (Phi) is 7.00. The molecule has 3 aromatic rings. The fourth-order valence-electron chi connectivity index (χ4n) is 2.75. The Morgan fingerprint density at radius 2 is 1.79 bits per heavy atom. The highest BCUT2D eigenvalue weighted by atomic mass is 16.5. The van der Waals surface area contributed by atoms with Gasteiger partial charge >= 0.3 is 0 Å². The first-order chi connectivity index (χ1) is 14.1. The second-order valence-corrected chi connectivity index (χ2v) is 6.63. The predicted molar refractivity (Wildman–Crippen MR) is 114 cm³/mol. The maximum absolute atomic E-state index is 12.1. The molecule has 5 heteroatoms. The zero-order valence-electron chi connectivity index (χ0n) is 16.6. The molecule has 3 aromatic carbocycles. The van der Waals surface area contributed by atoms with Crippen molar-refractivity contribution in [3.8, 4) is 11.5 Å². The van der Waals surface area contributed by atoms with Gasteiger partial charge in [-0.25, -0.2) is 5.43 Å². The molecule has 0 atom stereocenters. The lowest BCUT2D eigenvalue weighted by Gasteiger charge is -2.09. The van der Waals surface area contributed by atoms with E-state index in [0.717, 1.165) is 22.4 Å². The number of nitrogens with zero attached hydrogens (tertiary/aromatic N) is 1. The van der Waals surface area contributed by atoms with Gasteiger partial charge in [-0.1, -0.05) is 54.1 Å². The summed E-state index contributed by atoms with van der Waals surface area (Å²) in [5, 5.41) is 4.07. The Hall–Kier alpha value is -3.60. The van der Waals surface area contributed by atoms with Crippen LogP contribution in [0.3, 0.4) is 0 Å². The van der Waals surface area contributed by atoms with E-state index in [9.17, 15) is 4.79 Å². The van der Waals surface area contributed by atoms with Gasteiger partial charge in [-0.2, -0.15) is 5.10 Å². The molecule has 0 radical (unpaired) electrons. The van der Waals surface area contributed by atoms with Crippen molar-refractivity contribution >= 4 is 12.1 Å².